The third kappa shape index (κ3) is 5.61. The van der Waals surface area contributed by atoms with E-state index in [-0.39, 0.29) is 18.0 Å². The van der Waals surface area contributed by atoms with Gasteiger partial charge in [0.1, 0.15) is 16.4 Å². The van der Waals surface area contributed by atoms with E-state index >= 15 is 0 Å². The minimum atomic E-state index is -3.84. The molecule has 0 aliphatic heterocycles. The lowest BCUT2D eigenvalue weighted by molar-refractivity contribution is 0.194. The van der Waals surface area contributed by atoms with E-state index in [1.807, 2.05) is 24.3 Å². The fourth-order valence-corrected chi connectivity index (χ4v) is 4.40. The number of hydrogen-bond donors (Lipinski definition) is 1. The summed E-state index contributed by atoms with van der Waals surface area (Å²) in [6.07, 6.45) is 0.512. The number of methoxy groups -OCH3 is 2. The molecule has 0 radical (unpaired) electrons. The number of ether oxygens (including phenoxy) is 2. The first kappa shape index (κ1) is 22.7. The number of hydrogen-bond acceptors (Lipinski definition) is 6. The summed E-state index contributed by atoms with van der Waals surface area (Å²) in [4.78, 5) is 4.17. The van der Waals surface area contributed by atoms with Crippen molar-refractivity contribution in [1.82, 2.24) is 9.29 Å². The Kier molecular flexibility index (Phi) is 7.27. The summed E-state index contributed by atoms with van der Waals surface area (Å²) < 4.78 is 38.7. The molecule has 3 aromatic rings. The van der Waals surface area contributed by atoms with Crippen LogP contribution >= 0.6 is 0 Å². The van der Waals surface area contributed by atoms with E-state index in [1.165, 1.54) is 22.6 Å². The van der Waals surface area contributed by atoms with Gasteiger partial charge in [0, 0.05) is 19.3 Å². The molecule has 0 aliphatic rings. The second-order valence-electron chi connectivity index (χ2n) is 7.06. The van der Waals surface area contributed by atoms with Gasteiger partial charge in [0.25, 0.3) is 0 Å². The molecule has 164 valence electrons. The fourth-order valence-electron chi connectivity index (χ4n) is 3.04. The van der Waals surface area contributed by atoms with Crippen LogP contribution in [-0.4, -0.2) is 37.0 Å². The van der Waals surface area contributed by atoms with Crippen molar-refractivity contribution in [3.05, 3.63) is 83.7 Å². The van der Waals surface area contributed by atoms with Gasteiger partial charge in [-0.15, -0.1) is 0 Å². The van der Waals surface area contributed by atoms with Crippen molar-refractivity contribution >= 4 is 10.0 Å². The summed E-state index contributed by atoms with van der Waals surface area (Å²) >= 11 is 0. The molecule has 0 aliphatic carbocycles. The molecule has 1 atom stereocenters. The molecule has 0 amide bonds. The number of sulfonamides is 1. The van der Waals surface area contributed by atoms with Gasteiger partial charge >= 0.3 is 0 Å². The van der Waals surface area contributed by atoms with Gasteiger partial charge in [0.15, 0.2) is 0 Å². The van der Waals surface area contributed by atoms with Crippen molar-refractivity contribution in [2.24, 2.45) is 0 Å². The molecular weight excluding hydrogens is 416 g/mol. The van der Waals surface area contributed by atoms with Crippen LogP contribution in [0.2, 0.25) is 0 Å². The topological polar surface area (TPSA) is 89.0 Å². The summed E-state index contributed by atoms with van der Waals surface area (Å²) in [5.74, 6) is 1.40. The molecular formula is C23H26N2O5S. The Balaban J connectivity index is 1.93. The minimum absolute atomic E-state index is 0.0684. The standard InChI is InChI=1S/C23H26N2O5S/c1-17(26)23-13-12-22(14-24-23)31(27,28)25(15-18-4-8-20(29-2)9-5-18)16-19-6-10-21(30-3)11-7-19/h4-14,17,26H,15-16H2,1-3H3. The minimum Gasteiger partial charge on any atom is -0.497 e. The molecule has 1 N–H and O–H groups in total. The Morgan fingerprint density at radius 3 is 1.71 bits per heavy atom. The van der Waals surface area contributed by atoms with E-state index in [0.717, 1.165) is 11.1 Å². The van der Waals surface area contributed by atoms with Gasteiger partial charge in [-0.1, -0.05) is 24.3 Å². The predicted octanol–water partition coefficient (Wildman–Crippen LogP) is 3.54. The first-order valence-corrected chi connectivity index (χ1v) is 11.2. The average Bonchev–Trinajstić information content (AvgIpc) is 2.79. The number of benzene rings is 2. The van der Waals surface area contributed by atoms with Gasteiger partial charge in [-0.05, 0) is 54.4 Å². The first-order valence-electron chi connectivity index (χ1n) is 9.73. The largest absolute Gasteiger partial charge is 0.497 e. The van der Waals surface area contributed by atoms with Crippen LogP contribution in [0.15, 0.2) is 71.8 Å². The van der Waals surface area contributed by atoms with Crippen molar-refractivity contribution in [2.75, 3.05) is 14.2 Å². The molecule has 0 bridgehead atoms. The number of aromatic nitrogens is 1. The van der Waals surface area contributed by atoms with Crippen molar-refractivity contribution in [2.45, 2.75) is 31.0 Å². The maximum absolute atomic E-state index is 13.4. The highest BCUT2D eigenvalue weighted by molar-refractivity contribution is 7.89. The summed E-state index contributed by atoms with van der Waals surface area (Å²) in [5.41, 5.74) is 2.06. The lowest BCUT2D eigenvalue weighted by atomic mass is 10.2. The second kappa shape index (κ2) is 9.91. The zero-order valence-electron chi connectivity index (χ0n) is 17.7. The Morgan fingerprint density at radius 2 is 1.35 bits per heavy atom. The molecule has 7 nitrogen and oxygen atoms in total. The van der Waals surface area contributed by atoms with Gasteiger partial charge in [-0.25, -0.2) is 8.42 Å². The fraction of sp³-hybridized carbons (Fsp3) is 0.261. The van der Waals surface area contributed by atoms with Gasteiger partial charge in [0.05, 0.1) is 26.0 Å². The van der Waals surface area contributed by atoms with Crippen LogP contribution in [0.1, 0.15) is 29.8 Å². The maximum atomic E-state index is 13.4. The summed E-state index contributed by atoms with van der Waals surface area (Å²) in [7, 11) is -0.679. The van der Waals surface area contributed by atoms with E-state index in [4.69, 9.17) is 9.47 Å². The van der Waals surface area contributed by atoms with Gasteiger partial charge in [-0.3, -0.25) is 4.98 Å². The molecule has 2 aromatic carbocycles. The van der Waals surface area contributed by atoms with Crippen molar-refractivity contribution < 1.29 is 23.0 Å². The number of aliphatic hydroxyl groups is 1. The Labute approximate surface area is 182 Å². The van der Waals surface area contributed by atoms with Crippen molar-refractivity contribution in [3.63, 3.8) is 0 Å². The molecule has 0 spiro atoms. The first-order chi connectivity index (χ1) is 14.8. The van der Waals surface area contributed by atoms with Gasteiger partial charge < -0.3 is 14.6 Å². The van der Waals surface area contributed by atoms with Crippen molar-refractivity contribution in [1.29, 1.82) is 0 Å². The molecule has 1 heterocycles. The summed E-state index contributed by atoms with van der Waals surface area (Å²) in [6.45, 7) is 1.93. The molecule has 1 unspecified atom stereocenters. The highest BCUT2D eigenvalue weighted by atomic mass is 32.2. The lowest BCUT2D eigenvalue weighted by Gasteiger charge is -2.23. The maximum Gasteiger partial charge on any atom is 0.245 e. The summed E-state index contributed by atoms with van der Waals surface area (Å²) in [6, 6.07) is 17.5. The van der Waals surface area contributed by atoms with Crippen LogP contribution in [-0.2, 0) is 23.1 Å². The van der Waals surface area contributed by atoms with Crippen LogP contribution in [0.3, 0.4) is 0 Å². The summed E-state index contributed by atoms with van der Waals surface area (Å²) in [5, 5.41) is 9.66. The number of pyridine rings is 1. The molecule has 31 heavy (non-hydrogen) atoms. The average molecular weight is 443 g/mol. The number of aliphatic hydroxyl groups excluding tert-OH is 1. The van der Waals surface area contributed by atoms with Crippen LogP contribution < -0.4 is 9.47 Å². The monoisotopic (exact) mass is 442 g/mol. The molecule has 8 heteroatoms. The van der Waals surface area contributed by atoms with E-state index in [1.54, 1.807) is 45.4 Å². The number of nitrogens with zero attached hydrogens (tertiary/aromatic N) is 2. The van der Waals surface area contributed by atoms with E-state index in [9.17, 15) is 13.5 Å². The smallest absolute Gasteiger partial charge is 0.245 e. The predicted molar refractivity (Wildman–Crippen MR) is 117 cm³/mol. The number of rotatable bonds is 9. The van der Waals surface area contributed by atoms with Crippen LogP contribution in [0.25, 0.3) is 0 Å². The Hall–Kier alpha value is -2.94. The van der Waals surface area contributed by atoms with Gasteiger partial charge in [0.2, 0.25) is 10.0 Å². The molecule has 0 saturated heterocycles. The second-order valence-corrected chi connectivity index (χ2v) is 9.00. The quantitative estimate of drug-likeness (QED) is 0.545. The lowest BCUT2D eigenvalue weighted by Crippen LogP contribution is -2.30. The van der Waals surface area contributed by atoms with E-state index < -0.39 is 16.1 Å². The zero-order chi connectivity index (χ0) is 22.4. The molecule has 0 saturated carbocycles. The zero-order valence-corrected chi connectivity index (χ0v) is 18.5. The van der Waals surface area contributed by atoms with Gasteiger partial charge in [-0.2, -0.15) is 4.31 Å². The van der Waals surface area contributed by atoms with E-state index in [2.05, 4.69) is 4.98 Å². The van der Waals surface area contributed by atoms with Crippen LogP contribution in [0.4, 0.5) is 0 Å². The van der Waals surface area contributed by atoms with Crippen LogP contribution in [0.5, 0.6) is 11.5 Å². The van der Waals surface area contributed by atoms with E-state index in [0.29, 0.717) is 17.2 Å². The SMILES string of the molecule is COc1ccc(CN(Cc2ccc(OC)cc2)S(=O)(=O)c2ccc(C(C)O)nc2)cc1. The third-order valence-electron chi connectivity index (χ3n) is 4.86. The highest BCUT2D eigenvalue weighted by Gasteiger charge is 2.26. The Bertz CT molecular complexity index is 1030. The Morgan fingerprint density at radius 1 is 0.871 bits per heavy atom. The normalized spacial score (nSPS) is 12.5. The molecule has 3 rings (SSSR count). The molecule has 0 fully saturated rings. The highest BCUT2D eigenvalue weighted by Crippen LogP contribution is 2.23. The van der Waals surface area contributed by atoms with Crippen LogP contribution in [0, 0.1) is 0 Å². The van der Waals surface area contributed by atoms with Crippen molar-refractivity contribution in [3.8, 4) is 11.5 Å². The third-order valence-corrected chi connectivity index (χ3v) is 6.64. The molecule has 1 aromatic heterocycles.